The molecule has 0 radical (unpaired) electrons. The fourth-order valence-electron chi connectivity index (χ4n) is 6.01. The molecule has 0 nitrogen and oxygen atoms in total. The molecule has 0 fully saturated rings. The Bertz CT molecular complexity index is 1430. The number of rotatable bonds is 2. The van der Waals surface area contributed by atoms with Crippen LogP contribution in [0.2, 0.25) is 0 Å². The molecule has 0 saturated carbocycles. The predicted octanol–water partition coefficient (Wildman–Crippen LogP) is 9.52. The molecular formula is C35H36. The highest BCUT2D eigenvalue weighted by molar-refractivity contribution is 6.06. The van der Waals surface area contributed by atoms with E-state index in [1.54, 1.807) is 5.57 Å². The predicted molar refractivity (Wildman–Crippen MR) is 152 cm³/mol. The summed E-state index contributed by atoms with van der Waals surface area (Å²) < 4.78 is 0. The summed E-state index contributed by atoms with van der Waals surface area (Å²) in [6, 6.07) is 30.5. The third kappa shape index (κ3) is 4.27. The van der Waals surface area contributed by atoms with E-state index < -0.39 is 0 Å². The summed E-state index contributed by atoms with van der Waals surface area (Å²) >= 11 is 0. The molecule has 35 heavy (non-hydrogen) atoms. The number of aryl methyl sites for hydroxylation is 2. The summed E-state index contributed by atoms with van der Waals surface area (Å²) in [5, 5.41) is 2.89. The molecule has 0 atom stereocenters. The van der Waals surface area contributed by atoms with Crippen molar-refractivity contribution >= 4 is 16.3 Å². The van der Waals surface area contributed by atoms with E-state index in [0.717, 1.165) is 6.42 Å². The van der Waals surface area contributed by atoms with Crippen molar-refractivity contribution in [2.24, 2.45) is 0 Å². The van der Waals surface area contributed by atoms with Gasteiger partial charge in [-0.15, -0.1) is 0 Å². The fourth-order valence-corrected chi connectivity index (χ4v) is 6.01. The van der Waals surface area contributed by atoms with Gasteiger partial charge in [0.2, 0.25) is 0 Å². The van der Waals surface area contributed by atoms with Gasteiger partial charge in [0.15, 0.2) is 0 Å². The molecule has 0 aliphatic heterocycles. The Morgan fingerprint density at radius 3 is 2.11 bits per heavy atom. The molecule has 4 aromatic carbocycles. The molecule has 0 heterocycles. The quantitative estimate of drug-likeness (QED) is 0.282. The summed E-state index contributed by atoms with van der Waals surface area (Å²) in [4.78, 5) is 0. The molecule has 6 rings (SSSR count). The van der Waals surface area contributed by atoms with Gasteiger partial charge in [0, 0.05) is 5.41 Å². The van der Waals surface area contributed by atoms with Gasteiger partial charge in [0.1, 0.15) is 0 Å². The SMILES string of the molecule is CC1=CCCC2=C1c1c(cc(Cc3ccccc3)c3cccc(C)c13)C2(C)C.Cc1ccccc1. The number of hydrogen-bond acceptors (Lipinski definition) is 0. The van der Waals surface area contributed by atoms with Crippen molar-refractivity contribution in [1.82, 2.24) is 0 Å². The van der Waals surface area contributed by atoms with E-state index in [-0.39, 0.29) is 5.41 Å². The van der Waals surface area contributed by atoms with Crippen molar-refractivity contribution in [2.45, 2.75) is 59.3 Å². The van der Waals surface area contributed by atoms with E-state index in [9.17, 15) is 0 Å². The Kier molecular flexibility index (Phi) is 6.24. The average molecular weight is 457 g/mol. The summed E-state index contributed by atoms with van der Waals surface area (Å²) in [5.41, 5.74) is 13.4. The van der Waals surface area contributed by atoms with Crippen molar-refractivity contribution in [1.29, 1.82) is 0 Å². The molecule has 2 aliphatic carbocycles. The van der Waals surface area contributed by atoms with Crippen LogP contribution in [0.3, 0.4) is 0 Å². The number of allylic oxidation sites excluding steroid dienone is 4. The monoisotopic (exact) mass is 456 g/mol. The largest absolute Gasteiger partial charge is 0.0807 e. The molecule has 0 unspecified atom stereocenters. The maximum Gasteiger partial charge on any atom is 0.0121 e. The summed E-state index contributed by atoms with van der Waals surface area (Å²) in [5.74, 6) is 0. The van der Waals surface area contributed by atoms with Crippen LogP contribution in [0.4, 0.5) is 0 Å². The van der Waals surface area contributed by atoms with E-state index in [1.165, 1.54) is 68.1 Å². The molecule has 0 heteroatoms. The van der Waals surface area contributed by atoms with Crippen LogP contribution < -0.4 is 0 Å². The van der Waals surface area contributed by atoms with E-state index in [4.69, 9.17) is 0 Å². The highest BCUT2D eigenvalue weighted by Gasteiger charge is 2.40. The zero-order chi connectivity index (χ0) is 24.6. The maximum absolute atomic E-state index is 2.52. The third-order valence-electron chi connectivity index (χ3n) is 7.85. The molecule has 4 aromatic rings. The highest BCUT2D eigenvalue weighted by atomic mass is 14.4. The number of hydrogen-bond donors (Lipinski definition) is 0. The van der Waals surface area contributed by atoms with Crippen LogP contribution in [-0.2, 0) is 11.8 Å². The molecule has 0 aromatic heterocycles. The Labute approximate surface area is 211 Å². The molecule has 0 N–H and O–H groups in total. The lowest BCUT2D eigenvalue weighted by Gasteiger charge is -2.27. The van der Waals surface area contributed by atoms with Crippen molar-refractivity contribution < 1.29 is 0 Å². The first kappa shape index (κ1) is 23.4. The van der Waals surface area contributed by atoms with Gasteiger partial charge in [0.05, 0.1) is 0 Å². The van der Waals surface area contributed by atoms with Gasteiger partial charge in [-0.05, 0) is 89.8 Å². The summed E-state index contributed by atoms with van der Waals surface area (Å²) in [6.07, 6.45) is 5.79. The van der Waals surface area contributed by atoms with Gasteiger partial charge in [0.25, 0.3) is 0 Å². The smallest absolute Gasteiger partial charge is 0.0121 e. The first-order valence-electron chi connectivity index (χ1n) is 12.9. The minimum atomic E-state index is 0.113. The second-order valence-electron chi connectivity index (χ2n) is 10.7. The van der Waals surface area contributed by atoms with Crippen LogP contribution in [0.15, 0.2) is 102 Å². The van der Waals surface area contributed by atoms with Crippen LogP contribution in [-0.4, -0.2) is 0 Å². The first-order chi connectivity index (χ1) is 16.9. The van der Waals surface area contributed by atoms with Crippen molar-refractivity contribution in [2.75, 3.05) is 0 Å². The van der Waals surface area contributed by atoms with Gasteiger partial charge in [-0.2, -0.15) is 0 Å². The topological polar surface area (TPSA) is 0 Å². The molecule has 0 amide bonds. The Balaban J connectivity index is 0.000000313. The fraction of sp³-hybridized carbons (Fsp3) is 0.257. The summed E-state index contributed by atoms with van der Waals surface area (Å²) in [6.45, 7) is 11.5. The van der Waals surface area contributed by atoms with E-state index >= 15 is 0 Å². The van der Waals surface area contributed by atoms with Gasteiger partial charge in [-0.3, -0.25) is 0 Å². The Morgan fingerprint density at radius 1 is 0.771 bits per heavy atom. The highest BCUT2D eigenvalue weighted by Crippen LogP contribution is 2.55. The van der Waals surface area contributed by atoms with Crippen LogP contribution >= 0.6 is 0 Å². The Hall–Kier alpha value is -3.38. The van der Waals surface area contributed by atoms with Crippen LogP contribution in [0.1, 0.15) is 67.0 Å². The van der Waals surface area contributed by atoms with Gasteiger partial charge in [-0.25, -0.2) is 0 Å². The second kappa shape index (κ2) is 9.34. The minimum absolute atomic E-state index is 0.113. The zero-order valence-electron chi connectivity index (χ0n) is 21.8. The van der Waals surface area contributed by atoms with Crippen molar-refractivity contribution in [3.05, 3.63) is 136 Å². The van der Waals surface area contributed by atoms with Crippen LogP contribution in [0.25, 0.3) is 16.3 Å². The molecule has 0 bridgehead atoms. The van der Waals surface area contributed by atoms with Crippen molar-refractivity contribution in [3.8, 4) is 0 Å². The standard InChI is InChI=1S/C28H28.C7H8/c1-18-10-8-14-22-21(16-20-12-6-5-7-13-20)17-24-27(25(18)22)26-19(2)11-9-15-23(26)28(24,3)4;1-7-5-3-2-4-6-7/h5-8,10-14,17H,9,15-16H2,1-4H3;2-6H,1H3. The minimum Gasteiger partial charge on any atom is -0.0807 e. The first-order valence-corrected chi connectivity index (χ1v) is 12.9. The molecule has 0 saturated heterocycles. The third-order valence-corrected chi connectivity index (χ3v) is 7.85. The molecule has 2 aliphatic rings. The molecular weight excluding hydrogens is 420 g/mol. The van der Waals surface area contributed by atoms with E-state index in [1.807, 2.05) is 18.2 Å². The zero-order valence-corrected chi connectivity index (χ0v) is 21.8. The van der Waals surface area contributed by atoms with E-state index in [2.05, 4.69) is 107 Å². The second-order valence-corrected chi connectivity index (χ2v) is 10.7. The van der Waals surface area contributed by atoms with Gasteiger partial charge >= 0.3 is 0 Å². The number of benzene rings is 4. The number of fused-ring (bicyclic) bond motifs is 4. The molecule has 176 valence electrons. The van der Waals surface area contributed by atoms with Gasteiger partial charge < -0.3 is 0 Å². The Morgan fingerprint density at radius 2 is 1.46 bits per heavy atom. The lowest BCUT2D eigenvalue weighted by atomic mass is 9.77. The van der Waals surface area contributed by atoms with Crippen LogP contribution in [0, 0.1) is 13.8 Å². The lowest BCUT2D eigenvalue weighted by Crippen LogP contribution is -2.18. The lowest BCUT2D eigenvalue weighted by molar-refractivity contribution is 0.606. The molecule has 0 spiro atoms. The normalized spacial score (nSPS) is 15.7. The average Bonchev–Trinajstić information content (AvgIpc) is 3.08. The van der Waals surface area contributed by atoms with Crippen molar-refractivity contribution in [3.63, 3.8) is 0 Å². The summed E-state index contributed by atoms with van der Waals surface area (Å²) in [7, 11) is 0. The maximum atomic E-state index is 2.52. The van der Waals surface area contributed by atoms with Crippen LogP contribution in [0.5, 0.6) is 0 Å². The van der Waals surface area contributed by atoms with E-state index in [0.29, 0.717) is 0 Å². The van der Waals surface area contributed by atoms with Gasteiger partial charge in [-0.1, -0.05) is 116 Å².